The SMILES string of the molecule is c1cc(-c2cccc3c4ccccc4n(-c4cccc5c4sc4ccccc45)c23)cc(-c2cccc3c4ccccc4n(-c4cccc5c4sc4ccccc45)c23)c1. The first-order valence-corrected chi connectivity index (χ1v) is 21.4. The number of hydrogen-bond acceptors (Lipinski definition) is 2. The van der Waals surface area contributed by atoms with Crippen molar-refractivity contribution in [2.24, 2.45) is 0 Å². The van der Waals surface area contributed by atoms with Gasteiger partial charge in [0.05, 0.1) is 42.8 Å². The number of fused-ring (bicyclic) bond motifs is 12. The van der Waals surface area contributed by atoms with Crippen LogP contribution < -0.4 is 0 Å². The van der Waals surface area contributed by atoms with Crippen LogP contribution in [-0.2, 0) is 0 Å². The molecule has 13 aromatic rings. The Hall–Kier alpha value is -6.98. The van der Waals surface area contributed by atoms with Gasteiger partial charge in [-0.05, 0) is 53.6 Å². The number of hydrogen-bond donors (Lipinski definition) is 0. The Bertz CT molecular complexity index is 3570. The standard InChI is InChI=1S/C54H32N2S2/c1-5-26-45-37(16-1)41-22-10-20-35(51(41)55(45)47-28-12-24-43-39-18-3-7-30-49(39)57-53(43)47)33-14-9-15-34(32-33)36-21-11-23-42-38-17-2-6-27-46(38)56(52(36)42)48-29-13-25-44-40-19-4-8-31-50(40)58-54(44)48/h1-32H. The summed E-state index contributed by atoms with van der Waals surface area (Å²) in [6.45, 7) is 0. The van der Waals surface area contributed by atoms with Crippen molar-refractivity contribution < 1.29 is 0 Å². The van der Waals surface area contributed by atoms with Gasteiger partial charge in [0.15, 0.2) is 0 Å². The fourth-order valence-corrected chi connectivity index (χ4v) is 12.1. The van der Waals surface area contributed by atoms with Gasteiger partial charge in [0.25, 0.3) is 0 Å². The van der Waals surface area contributed by atoms with E-state index in [0.717, 1.165) is 0 Å². The van der Waals surface area contributed by atoms with Crippen molar-refractivity contribution in [3.63, 3.8) is 0 Å². The first-order valence-electron chi connectivity index (χ1n) is 19.8. The first-order chi connectivity index (χ1) is 28.8. The van der Waals surface area contributed by atoms with Gasteiger partial charge in [-0.2, -0.15) is 0 Å². The second-order valence-electron chi connectivity index (χ2n) is 15.2. The van der Waals surface area contributed by atoms with E-state index in [1.807, 2.05) is 22.7 Å². The molecule has 0 N–H and O–H groups in total. The number of rotatable bonds is 4. The quantitative estimate of drug-likeness (QED) is 0.169. The Labute approximate surface area is 341 Å². The van der Waals surface area contributed by atoms with Gasteiger partial charge in [-0.3, -0.25) is 0 Å². The molecular formula is C54H32N2S2. The summed E-state index contributed by atoms with van der Waals surface area (Å²) in [5, 5.41) is 10.3. The molecule has 4 aromatic heterocycles. The maximum Gasteiger partial charge on any atom is 0.0641 e. The Balaban J connectivity index is 1.08. The fourth-order valence-electron chi connectivity index (χ4n) is 9.67. The topological polar surface area (TPSA) is 9.86 Å². The van der Waals surface area contributed by atoms with Crippen molar-refractivity contribution in [3.05, 3.63) is 194 Å². The maximum atomic E-state index is 2.52. The molecular weight excluding hydrogens is 741 g/mol. The van der Waals surface area contributed by atoms with Crippen molar-refractivity contribution >= 4 is 107 Å². The van der Waals surface area contributed by atoms with E-state index in [1.54, 1.807) is 0 Å². The summed E-state index contributed by atoms with van der Waals surface area (Å²) in [7, 11) is 0. The molecule has 270 valence electrons. The van der Waals surface area contributed by atoms with E-state index in [4.69, 9.17) is 0 Å². The number of thiophene rings is 2. The van der Waals surface area contributed by atoms with Crippen molar-refractivity contribution in [1.29, 1.82) is 0 Å². The molecule has 0 aliphatic carbocycles. The maximum absolute atomic E-state index is 2.52. The van der Waals surface area contributed by atoms with Crippen LogP contribution in [0.15, 0.2) is 194 Å². The van der Waals surface area contributed by atoms with Crippen LogP contribution in [0.25, 0.3) is 118 Å². The van der Waals surface area contributed by atoms with E-state index in [-0.39, 0.29) is 0 Å². The fraction of sp³-hybridized carbons (Fsp3) is 0. The van der Waals surface area contributed by atoms with Crippen LogP contribution in [-0.4, -0.2) is 9.13 Å². The van der Waals surface area contributed by atoms with E-state index in [0.29, 0.717) is 0 Å². The molecule has 0 aliphatic heterocycles. The molecule has 2 nitrogen and oxygen atoms in total. The molecule has 0 unspecified atom stereocenters. The normalized spacial score (nSPS) is 12.1. The lowest BCUT2D eigenvalue weighted by Crippen LogP contribution is -1.97. The summed E-state index contributed by atoms with van der Waals surface area (Å²) in [5.41, 5.74) is 12.2. The van der Waals surface area contributed by atoms with E-state index < -0.39 is 0 Å². The van der Waals surface area contributed by atoms with Gasteiger partial charge in [0.1, 0.15) is 0 Å². The second kappa shape index (κ2) is 12.3. The number of nitrogens with zero attached hydrogens (tertiary/aromatic N) is 2. The average Bonchev–Trinajstić information content (AvgIpc) is 4.04. The summed E-state index contributed by atoms with van der Waals surface area (Å²) in [6.07, 6.45) is 0. The molecule has 0 saturated heterocycles. The van der Waals surface area contributed by atoms with Crippen molar-refractivity contribution in [2.45, 2.75) is 0 Å². The Morgan fingerprint density at radius 1 is 0.293 bits per heavy atom. The van der Waals surface area contributed by atoms with Crippen LogP contribution in [0.3, 0.4) is 0 Å². The zero-order valence-corrected chi connectivity index (χ0v) is 32.8. The van der Waals surface area contributed by atoms with E-state index in [9.17, 15) is 0 Å². The lowest BCUT2D eigenvalue weighted by atomic mass is 9.96. The number of benzene rings is 9. The molecule has 0 saturated carbocycles. The summed E-state index contributed by atoms with van der Waals surface area (Å²) in [6, 6.07) is 71.8. The smallest absolute Gasteiger partial charge is 0.0641 e. The lowest BCUT2D eigenvalue weighted by Gasteiger charge is -2.15. The summed E-state index contributed by atoms with van der Waals surface area (Å²) >= 11 is 3.77. The molecule has 0 fully saturated rings. The highest BCUT2D eigenvalue weighted by atomic mass is 32.1. The molecule has 0 amide bonds. The minimum atomic E-state index is 1.20. The van der Waals surface area contributed by atoms with Gasteiger partial charge in [-0.1, -0.05) is 152 Å². The molecule has 0 aliphatic rings. The minimum absolute atomic E-state index is 1.20. The third-order valence-electron chi connectivity index (χ3n) is 12.1. The first kappa shape index (κ1) is 32.1. The molecule has 0 radical (unpaired) electrons. The van der Waals surface area contributed by atoms with E-state index in [2.05, 4.69) is 203 Å². The van der Waals surface area contributed by atoms with Gasteiger partial charge in [0.2, 0.25) is 0 Å². The highest BCUT2D eigenvalue weighted by molar-refractivity contribution is 7.26. The zero-order valence-electron chi connectivity index (χ0n) is 31.2. The molecule has 0 bridgehead atoms. The van der Waals surface area contributed by atoms with Crippen LogP contribution >= 0.6 is 22.7 Å². The van der Waals surface area contributed by atoms with Crippen molar-refractivity contribution in [1.82, 2.24) is 9.13 Å². The third kappa shape index (κ3) is 4.47. The van der Waals surface area contributed by atoms with Crippen molar-refractivity contribution in [2.75, 3.05) is 0 Å². The Kier molecular flexibility index (Phi) is 6.79. The summed E-state index contributed by atoms with van der Waals surface area (Å²) in [5.74, 6) is 0. The zero-order chi connectivity index (χ0) is 37.9. The van der Waals surface area contributed by atoms with Crippen LogP contribution in [0, 0.1) is 0 Å². The van der Waals surface area contributed by atoms with E-state index in [1.165, 1.54) is 118 Å². The van der Waals surface area contributed by atoms with E-state index >= 15 is 0 Å². The number of para-hydroxylation sites is 4. The van der Waals surface area contributed by atoms with Crippen LogP contribution in [0.5, 0.6) is 0 Å². The van der Waals surface area contributed by atoms with Gasteiger partial charge in [-0.25, -0.2) is 0 Å². The molecule has 0 atom stereocenters. The number of aromatic nitrogens is 2. The second-order valence-corrected chi connectivity index (χ2v) is 17.3. The molecule has 0 spiro atoms. The lowest BCUT2D eigenvalue weighted by molar-refractivity contribution is 1.20. The predicted octanol–water partition coefficient (Wildman–Crippen LogP) is 16.0. The third-order valence-corrected chi connectivity index (χ3v) is 14.5. The monoisotopic (exact) mass is 772 g/mol. The van der Waals surface area contributed by atoms with Crippen LogP contribution in [0.1, 0.15) is 0 Å². The molecule has 4 heterocycles. The molecule has 9 aromatic carbocycles. The Morgan fingerprint density at radius 3 is 1.17 bits per heavy atom. The average molecular weight is 773 g/mol. The van der Waals surface area contributed by atoms with Gasteiger partial charge >= 0.3 is 0 Å². The summed E-state index contributed by atoms with van der Waals surface area (Å²) < 4.78 is 10.3. The molecule has 58 heavy (non-hydrogen) atoms. The van der Waals surface area contributed by atoms with Gasteiger partial charge in [-0.15, -0.1) is 22.7 Å². The molecule has 13 rings (SSSR count). The van der Waals surface area contributed by atoms with Crippen LogP contribution in [0.4, 0.5) is 0 Å². The van der Waals surface area contributed by atoms with Gasteiger partial charge in [0, 0.05) is 63.6 Å². The highest BCUT2D eigenvalue weighted by Gasteiger charge is 2.22. The molecule has 4 heteroatoms. The highest BCUT2D eigenvalue weighted by Crippen LogP contribution is 2.46. The van der Waals surface area contributed by atoms with Crippen LogP contribution in [0.2, 0.25) is 0 Å². The predicted molar refractivity (Wildman–Crippen MR) is 252 cm³/mol. The minimum Gasteiger partial charge on any atom is -0.307 e. The largest absolute Gasteiger partial charge is 0.307 e. The van der Waals surface area contributed by atoms with Gasteiger partial charge < -0.3 is 9.13 Å². The van der Waals surface area contributed by atoms with Crippen molar-refractivity contribution in [3.8, 4) is 33.6 Å². The summed E-state index contributed by atoms with van der Waals surface area (Å²) in [4.78, 5) is 0. The Morgan fingerprint density at radius 2 is 0.672 bits per heavy atom.